The molecule has 0 atom stereocenters. The molecule has 0 bridgehead atoms. The lowest BCUT2D eigenvalue weighted by Crippen LogP contribution is -2.14. The molecule has 0 unspecified atom stereocenters. The van der Waals surface area contributed by atoms with Gasteiger partial charge in [0.1, 0.15) is 5.76 Å². The molecule has 2 heterocycles. The zero-order valence-corrected chi connectivity index (χ0v) is 9.56. The van der Waals surface area contributed by atoms with Crippen LogP contribution >= 0.6 is 0 Å². The number of nitrogens with one attached hydrogen (secondary N) is 1. The first kappa shape index (κ1) is 10.7. The lowest BCUT2D eigenvalue weighted by Gasteiger charge is -2.00. The van der Waals surface area contributed by atoms with Gasteiger partial charge in [0.25, 0.3) is 0 Å². The molecule has 0 aliphatic heterocycles. The van der Waals surface area contributed by atoms with E-state index in [0.29, 0.717) is 18.9 Å². The van der Waals surface area contributed by atoms with Crippen LogP contribution < -0.4 is 5.32 Å². The van der Waals surface area contributed by atoms with Gasteiger partial charge in [0, 0.05) is 12.1 Å². The van der Waals surface area contributed by atoms with Gasteiger partial charge >= 0.3 is 0 Å². The second-order valence-electron chi connectivity index (χ2n) is 3.60. The van der Waals surface area contributed by atoms with Gasteiger partial charge in [0.2, 0.25) is 0 Å². The summed E-state index contributed by atoms with van der Waals surface area (Å²) in [6.45, 7) is 5.10. The Bertz CT molecular complexity index is 455. The van der Waals surface area contributed by atoms with Crippen molar-refractivity contribution in [3.8, 4) is 0 Å². The molecule has 0 spiro atoms. The van der Waals surface area contributed by atoms with Crippen LogP contribution in [0.5, 0.6) is 0 Å². The third-order valence-corrected chi connectivity index (χ3v) is 2.32. The van der Waals surface area contributed by atoms with Gasteiger partial charge in [0.15, 0.2) is 5.82 Å². The van der Waals surface area contributed by atoms with Crippen LogP contribution in [0.3, 0.4) is 0 Å². The lowest BCUT2D eigenvalue weighted by molar-refractivity contribution is 0.391. The molecule has 0 aromatic carbocycles. The highest BCUT2D eigenvalue weighted by Crippen LogP contribution is 2.11. The molecule has 2 aromatic heterocycles. The van der Waals surface area contributed by atoms with Crippen molar-refractivity contribution in [3.05, 3.63) is 22.8 Å². The van der Waals surface area contributed by atoms with E-state index in [-0.39, 0.29) is 0 Å². The first-order valence-electron chi connectivity index (χ1n) is 5.02. The van der Waals surface area contributed by atoms with E-state index in [1.165, 1.54) is 4.80 Å². The molecule has 0 saturated heterocycles. The van der Waals surface area contributed by atoms with Crippen molar-refractivity contribution >= 4 is 0 Å². The zero-order chi connectivity index (χ0) is 11.5. The first-order valence-corrected chi connectivity index (χ1v) is 5.02. The van der Waals surface area contributed by atoms with Gasteiger partial charge < -0.3 is 9.84 Å². The van der Waals surface area contributed by atoms with Crippen molar-refractivity contribution in [3.63, 3.8) is 0 Å². The molecule has 2 aromatic rings. The van der Waals surface area contributed by atoms with Crippen LogP contribution in [0.4, 0.5) is 0 Å². The minimum Gasteiger partial charge on any atom is -0.361 e. The maximum absolute atomic E-state index is 5.06. The van der Waals surface area contributed by atoms with Crippen LogP contribution in [0.25, 0.3) is 0 Å². The summed E-state index contributed by atoms with van der Waals surface area (Å²) in [6, 6.07) is 0. The SMILES string of the molecule is Cc1noc(C)c1CNCc1nnn(C)n1. The first-order chi connectivity index (χ1) is 7.66. The Morgan fingerprint density at radius 1 is 1.31 bits per heavy atom. The quantitative estimate of drug-likeness (QED) is 0.790. The summed E-state index contributed by atoms with van der Waals surface area (Å²) in [5.74, 6) is 1.52. The van der Waals surface area contributed by atoms with E-state index in [9.17, 15) is 0 Å². The molecule has 2 rings (SSSR count). The second-order valence-corrected chi connectivity index (χ2v) is 3.60. The number of hydrogen-bond acceptors (Lipinski definition) is 6. The molecule has 16 heavy (non-hydrogen) atoms. The molecule has 7 heteroatoms. The summed E-state index contributed by atoms with van der Waals surface area (Å²) in [5, 5.41) is 18.8. The highest BCUT2D eigenvalue weighted by Gasteiger charge is 2.08. The van der Waals surface area contributed by atoms with Crippen LogP contribution in [0.15, 0.2) is 4.52 Å². The third-order valence-electron chi connectivity index (χ3n) is 2.32. The average Bonchev–Trinajstić information content (AvgIpc) is 2.78. The molecule has 7 nitrogen and oxygen atoms in total. The standard InChI is InChI=1S/C9H14N6O/c1-6-8(7(2)16-13-6)4-10-5-9-11-14-15(3)12-9/h10H,4-5H2,1-3H3. The number of hydrogen-bond donors (Lipinski definition) is 1. The van der Waals surface area contributed by atoms with Gasteiger partial charge in [-0.1, -0.05) is 5.16 Å². The summed E-state index contributed by atoms with van der Waals surface area (Å²) in [5.41, 5.74) is 2.00. The maximum atomic E-state index is 5.06. The Balaban J connectivity index is 1.89. The van der Waals surface area contributed by atoms with Crippen molar-refractivity contribution in [2.24, 2.45) is 7.05 Å². The Hall–Kier alpha value is -1.76. The van der Waals surface area contributed by atoms with Gasteiger partial charge in [-0.15, -0.1) is 10.2 Å². The summed E-state index contributed by atoms with van der Waals surface area (Å²) >= 11 is 0. The molecule has 0 amide bonds. The minimum absolute atomic E-state index is 0.581. The van der Waals surface area contributed by atoms with Crippen LogP contribution in [-0.4, -0.2) is 25.4 Å². The number of aryl methyl sites for hydroxylation is 3. The van der Waals surface area contributed by atoms with E-state index in [1.54, 1.807) is 7.05 Å². The molecule has 0 aliphatic carbocycles. The average molecular weight is 222 g/mol. The highest BCUT2D eigenvalue weighted by molar-refractivity contribution is 5.20. The van der Waals surface area contributed by atoms with Crippen molar-refractivity contribution < 1.29 is 4.52 Å². The van der Waals surface area contributed by atoms with E-state index >= 15 is 0 Å². The van der Waals surface area contributed by atoms with Gasteiger partial charge in [-0.25, -0.2) is 0 Å². The summed E-state index contributed by atoms with van der Waals surface area (Å²) in [4.78, 5) is 1.44. The van der Waals surface area contributed by atoms with Gasteiger partial charge in [-0.05, 0) is 19.1 Å². The Kier molecular flexibility index (Phi) is 2.95. The zero-order valence-electron chi connectivity index (χ0n) is 9.56. The predicted octanol–water partition coefficient (Wildman–Crippen LogP) is 0.105. The predicted molar refractivity (Wildman–Crippen MR) is 55.3 cm³/mol. The smallest absolute Gasteiger partial charge is 0.188 e. The van der Waals surface area contributed by atoms with Crippen molar-refractivity contribution in [2.45, 2.75) is 26.9 Å². The number of tetrazole rings is 1. The fourth-order valence-corrected chi connectivity index (χ4v) is 1.45. The molecule has 0 aliphatic rings. The van der Waals surface area contributed by atoms with E-state index in [2.05, 4.69) is 25.9 Å². The maximum Gasteiger partial charge on any atom is 0.188 e. The fourth-order valence-electron chi connectivity index (χ4n) is 1.45. The van der Waals surface area contributed by atoms with Crippen molar-refractivity contribution in [1.29, 1.82) is 0 Å². The molecular formula is C9H14N6O. The Morgan fingerprint density at radius 3 is 2.69 bits per heavy atom. The molecular weight excluding hydrogens is 208 g/mol. The minimum atomic E-state index is 0.581. The fraction of sp³-hybridized carbons (Fsp3) is 0.556. The molecule has 0 saturated carbocycles. The number of aromatic nitrogens is 5. The summed E-state index contributed by atoms with van der Waals surface area (Å²) in [6.07, 6.45) is 0. The highest BCUT2D eigenvalue weighted by atomic mass is 16.5. The van der Waals surface area contributed by atoms with Crippen LogP contribution in [0.2, 0.25) is 0 Å². The molecule has 86 valence electrons. The number of rotatable bonds is 4. The van der Waals surface area contributed by atoms with E-state index < -0.39 is 0 Å². The van der Waals surface area contributed by atoms with Crippen molar-refractivity contribution in [2.75, 3.05) is 0 Å². The number of nitrogens with zero attached hydrogens (tertiary/aromatic N) is 5. The second kappa shape index (κ2) is 4.40. The normalized spacial score (nSPS) is 10.9. The Labute approximate surface area is 92.8 Å². The topological polar surface area (TPSA) is 81.7 Å². The van der Waals surface area contributed by atoms with E-state index in [1.807, 2.05) is 13.8 Å². The lowest BCUT2D eigenvalue weighted by atomic mass is 10.2. The Morgan fingerprint density at radius 2 is 2.12 bits per heavy atom. The van der Waals surface area contributed by atoms with Crippen LogP contribution in [-0.2, 0) is 20.1 Å². The van der Waals surface area contributed by atoms with Crippen molar-refractivity contribution in [1.82, 2.24) is 30.7 Å². The van der Waals surface area contributed by atoms with E-state index in [4.69, 9.17) is 4.52 Å². The van der Waals surface area contributed by atoms with Crippen LogP contribution in [0, 0.1) is 13.8 Å². The van der Waals surface area contributed by atoms with Crippen LogP contribution in [0.1, 0.15) is 22.8 Å². The third kappa shape index (κ3) is 2.25. The van der Waals surface area contributed by atoms with E-state index in [0.717, 1.165) is 17.0 Å². The molecule has 0 radical (unpaired) electrons. The largest absolute Gasteiger partial charge is 0.361 e. The summed E-state index contributed by atoms with van der Waals surface area (Å²) in [7, 11) is 1.74. The molecule has 1 N–H and O–H groups in total. The summed E-state index contributed by atoms with van der Waals surface area (Å²) < 4.78 is 5.06. The molecule has 0 fully saturated rings. The van der Waals surface area contributed by atoms with Gasteiger partial charge in [0.05, 0.1) is 19.3 Å². The monoisotopic (exact) mass is 222 g/mol. The van der Waals surface area contributed by atoms with Gasteiger partial charge in [-0.3, -0.25) is 0 Å². The van der Waals surface area contributed by atoms with Gasteiger partial charge in [-0.2, -0.15) is 4.80 Å².